The first-order chi connectivity index (χ1) is 8.16. The zero-order chi connectivity index (χ0) is 12.3. The highest BCUT2D eigenvalue weighted by atomic mass is 35.5. The first-order valence-electron chi connectivity index (χ1n) is 5.93. The van der Waals surface area contributed by atoms with E-state index in [0.29, 0.717) is 5.56 Å². The highest BCUT2D eigenvalue weighted by Crippen LogP contribution is 2.24. The minimum absolute atomic E-state index is 0. The maximum atomic E-state index is 13.3. The third-order valence-corrected chi connectivity index (χ3v) is 3.25. The number of carbonyl (C=O) groups excluding carboxylic acids is 1. The van der Waals surface area contributed by atoms with Crippen LogP contribution in [-0.2, 0) is 11.3 Å². The summed E-state index contributed by atoms with van der Waals surface area (Å²) in [6.45, 7) is 0.247. The van der Waals surface area contributed by atoms with Gasteiger partial charge in [-0.3, -0.25) is 4.79 Å². The largest absolute Gasteiger partial charge is 0.352 e. The normalized spacial score (nSPS) is 22.3. The number of halogens is 2. The van der Waals surface area contributed by atoms with E-state index in [1.165, 1.54) is 6.07 Å². The van der Waals surface area contributed by atoms with Gasteiger partial charge in [-0.15, -0.1) is 12.4 Å². The lowest BCUT2D eigenvalue weighted by molar-refractivity contribution is -0.125. The average molecular weight is 273 g/mol. The molecule has 3 N–H and O–H groups in total. The van der Waals surface area contributed by atoms with Gasteiger partial charge in [-0.05, 0) is 25.3 Å². The van der Waals surface area contributed by atoms with E-state index in [0.717, 1.165) is 19.3 Å². The van der Waals surface area contributed by atoms with Gasteiger partial charge in [-0.1, -0.05) is 18.2 Å². The molecule has 1 fully saturated rings. The molecule has 1 aliphatic rings. The Hall–Kier alpha value is -1.13. The van der Waals surface area contributed by atoms with Gasteiger partial charge in [0, 0.05) is 24.1 Å². The van der Waals surface area contributed by atoms with E-state index in [4.69, 9.17) is 5.73 Å². The van der Waals surface area contributed by atoms with Gasteiger partial charge < -0.3 is 11.1 Å². The van der Waals surface area contributed by atoms with Crippen molar-refractivity contribution in [1.82, 2.24) is 5.32 Å². The molecular weight excluding hydrogens is 255 g/mol. The molecule has 0 bridgehead atoms. The topological polar surface area (TPSA) is 55.1 Å². The van der Waals surface area contributed by atoms with E-state index in [1.54, 1.807) is 18.2 Å². The summed E-state index contributed by atoms with van der Waals surface area (Å²) in [6.07, 6.45) is 2.48. The van der Waals surface area contributed by atoms with Crippen LogP contribution in [0.5, 0.6) is 0 Å². The van der Waals surface area contributed by atoms with Gasteiger partial charge >= 0.3 is 0 Å². The molecule has 18 heavy (non-hydrogen) atoms. The molecule has 2 rings (SSSR count). The smallest absolute Gasteiger partial charge is 0.223 e. The lowest BCUT2D eigenvalue weighted by Crippen LogP contribution is -2.30. The Bertz CT molecular complexity index is 414. The Balaban J connectivity index is 0.00000162. The second-order valence-electron chi connectivity index (χ2n) is 4.58. The molecule has 3 nitrogen and oxygen atoms in total. The van der Waals surface area contributed by atoms with E-state index in [2.05, 4.69) is 5.32 Å². The number of carbonyl (C=O) groups is 1. The molecule has 1 saturated carbocycles. The predicted molar refractivity (Wildman–Crippen MR) is 70.8 cm³/mol. The lowest BCUT2D eigenvalue weighted by atomic mass is 10.1. The van der Waals surface area contributed by atoms with Crippen LogP contribution in [0.4, 0.5) is 4.39 Å². The fraction of sp³-hybridized carbons (Fsp3) is 0.462. The monoisotopic (exact) mass is 272 g/mol. The molecule has 5 heteroatoms. The van der Waals surface area contributed by atoms with Crippen molar-refractivity contribution in [1.29, 1.82) is 0 Å². The zero-order valence-electron chi connectivity index (χ0n) is 10.1. The highest BCUT2D eigenvalue weighted by Gasteiger charge is 2.27. The van der Waals surface area contributed by atoms with Crippen LogP contribution < -0.4 is 11.1 Å². The van der Waals surface area contributed by atoms with E-state index >= 15 is 0 Å². The molecule has 2 atom stereocenters. The molecule has 1 aromatic rings. The minimum atomic E-state index is -0.282. The van der Waals surface area contributed by atoms with Gasteiger partial charge in [0.1, 0.15) is 5.82 Å². The number of hydrogen-bond acceptors (Lipinski definition) is 2. The molecule has 0 heterocycles. The van der Waals surface area contributed by atoms with Gasteiger partial charge in [-0.25, -0.2) is 4.39 Å². The van der Waals surface area contributed by atoms with Crippen LogP contribution in [-0.4, -0.2) is 11.9 Å². The van der Waals surface area contributed by atoms with Crippen molar-refractivity contribution in [3.8, 4) is 0 Å². The van der Waals surface area contributed by atoms with Crippen molar-refractivity contribution >= 4 is 18.3 Å². The Morgan fingerprint density at radius 3 is 2.72 bits per heavy atom. The maximum Gasteiger partial charge on any atom is 0.223 e. The minimum Gasteiger partial charge on any atom is -0.352 e. The van der Waals surface area contributed by atoms with Crippen molar-refractivity contribution in [2.75, 3.05) is 0 Å². The highest BCUT2D eigenvalue weighted by molar-refractivity contribution is 5.85. The van der Waals surface area contributed by atoms with Gasteiger partial charge in [0.2, 0.25) is 5.91 Å². The first-order valence-corrected chi connectivity index (χ1v) is 5.93. The first kappa shape index (κ1) is 14.9. The summed E-state index contributed by atoms with van der Waals surface area (Å²) in [7, 11) is 0. The van der Waals surface area contributed by atoms with Crippen LogP contribution >= 0.6 is 12.4 Å². The predicted octanol–water partition coefficient (Wildman–Crippen LogP) is 1.99. The van der Waals surface area contributed by atoms with E-state index in [9.17, 15) is 9.18 Å². The molecule has 0 saturated heterocycles. The number of nitrogens with two attached hydrogens (primary N) is 1. The molecule has 0 radical (unpaired) electrons. The summed E-state index contributed by atoms with van der Waals surface area (Å²) >= 11 is 0. The second kappa shape index (κ2) is 6.71. The summed E-state index contributed by atoms with van der Waals surface area (Å²) < 4.78 is 13.3. The standard InChI is InChI=1S/C13H17FN2O.ClH/c14-12-4-2-1-3-10(12)8-16-13(17)9-5-6-11(15)7-9;/h1-4,9,11H,5-8,15H2,(H,16,17);1H. The number of hydrogen-bond donors (Lipinski definition) is 2. The van der Waals surface area contributed by atoms with Crippen molar-refractivity contribution in [3.05, 3.63) is 35.6 Å². The molecule has 0 aliphatic heterocycles. The number of benzene rings is 1. The molecule has 2 unspecified atom stereocenters. The van der Waals surface area contributed by atoms with Gasteiger partial charge in [-0.2, -0.15) is 0 Å². The van der Waals surface area contributed by atoms with Crippen LogP contribution in [0.2, 0.25) is 0 Å². The second-order valence-corrected chi connectivity index (χ2v) is 4.58. The molecular formula is C13H18ClFN2O. The molecule has 0 aromatic heterocycles. The summed E-state index contributed by atoms with van der Waals surface area (Å²) in [6, 6.07) is 6.61. The Kier molecular flexibility index (Phi) is 5.56. The molecule has 1 aromatic carbocycles. The third-order valence-electron chi connectivity index (χ3n) is 3.25. The van der Waals surface area contributed by atoms with E-state index in [1.807, 2.05) is 0 Å². The summed E-state index contributed by atoms with van der Waals surface area (Å²) in [5, 5.41) is 2.77. The van der Waals surface area contributed by atoms with Crippen LogP contribution in [0, 0.1) is 11.7 Å². The zero-order valence-corrected chi connectivity index (χ0v) is 10.9. The van der Waals surface area contributed by atoms with Crippen molar-refractivity contribution < 1.29 is 9.18 Å². The molecule has 1 amide bonds. The third kappa shape index (κ3) is 3.68. The van der Waals surface area contributed by atoms with Crippen molar-refractivity contribution in [2.24, 2.45) is 11.7 Å². The summed E-state index contributed by atoms with van der Waals surface area (Å²) in [5.74, 6) is -0.297. The molecule has 1 aliphatic carbocycles. The SMILES string of the molecule is Cl.NC1CCC(C(=O)NCc2ccccc2F)C1. The van der Waals surface area contributed by atoms with Crippen molar-refractivity contribution in [2.45, 2.75) is 31.8 Å². The lowest BCUT2D eigenvalue weighted by Gasteiger charge is -2.11. The quantitative estimate of drug-likeness (QED) is 0.884. The Morgan fingerprint density at radius 2 is 2.11 bits per heavy atom. The van der Waals surface area contributed by atoms with Crippen LogP contribution in [0.15, 0.2) is 24.3 Å². The Morgan fingerprint density at radius 1 is 1.39 bits per heavy atom. The number of nitrogens with one attached hydrogen (secondary N) is 1. The van der Waals surface area contributed by atoms with E-state index < -0.39 is 0 Å². The van der Waals surface area contributed by atoms with Crippen LogP contribution in [0.1, 0.15) is 24.8 Å². The van der Waals surface area contributed by atoms with Crippen LogP contribution in [0.3, 0.4) is 0 Å². The van der Waals surface area contributed by atoms with Gasteiger partial charge in [0.25, 0.3) is 0 Å². The number of amides is 1. The average Bonchev–Trinajstić information content (AvgIpc) is 2.74. The fourth-order valence-corrected chi connectivity index (χ4v) is 2.22. The summed E-state index contributed by atoms with van der Waals surface area (Å²) in [5.41, 5.74) is 6.27. The van der Waals surface area contributed by atoms with E-state index in [-0.39, 0.29) is 42.6 Å². The van der Waals surface area contributed by atoms with Crippen LogP contribution in [0.25, 0.3) is 0 Å². The van der Waals surface area contributed by atoms with Gasteiger partial charge in [0.15, 0.2) is 0 Å². The molecule has 100 valence electrons. The van der Waals surface area contributed by atoms with Gasteiger partial charge in [0.05, 0.1) is 0 Å². The van der Waals surface area contributed by atoms with Crippen molar-refractivity contribution in [3.63, 3.8) is 0 Å². The maximum absolute atomic E-state index is 13.3. The summed E-state index contributed by atoms with van der Waals surface area (Å²) in [4.78, 5) is 11.8. The Labute approximate surface area is 112 Å². The molecule has 0 spiro atoms. The fourth-order valence-electron chi connectivity index (χ4n) is 2.22. The number of rotatable bonds is 3.